The summed E-state index contributed by atoms with van der Waals surface area (Å²) in [5, 5.41) is 0. The Morgan fingerprint density at radius 3 is 2.83 bits per heavy atom. The maximum absolute atomic E-state index is 2.75. The van der Waals surface area contributed by atoms with Crippen LogP contribution in [0.15, 0.2) is 0 Å². The molecule has 12 heavy (non-hydrogen) atoms. The minimum absolute atomic E-state index is 0.958. The molecule has 2 rings (SSSR count). The van der Waals surface area contributed by atoms with Gasteiger partial charge in [0.2, 0.25) is 0 Å². The van der Waals surface area contributed by atoms with E-state index in [9.17, 15) is 0 Å². The molecular formula is C11H21N. The summed E-state index contributed by atoms with van der Waals surface area (Å²) in [5.74, 6) is 0.958. The van der Waals surface area contributed by atoms with Gasteiger partial charge in [0.1, 0.15) is 0 Å². The summed E-state index contributed by atoms with van der Waals surface area (Å²) < 4.78 is 0. The number of nitrogens with zero attached hydrogens (tertiary/aromatic N) is 1. The summed E-state index contributed by atoms with van der Waals surface area (Å²) in [5.41, 5.74) is 0. The highest BCUT2D eigenvalue weighted by Gasteiger charge is 2.26. The van der Waals surface area contributed by atoms with Gasteiger partial charge in [0, 0.05) is 12.6 Å². The first-order chi connectivity index (χ1) is 5.86. The molecule has 2 atom stereocenters. The van der Waals surface area contributed by atoms with Gasteiger partial charge in [-0.3, -0.25) is 0 Å². The van der Waals surface area contributed by atoms with Crippen molar-refractivity contribution in [2.75, 3.05) is 13.1 Å². The molecule has 2 fully saturated rings. The molecule has 2 aliphatic rings. The monoisotopic (exact) mass is 167 g/mol. The van der Waals surface area contributed by atoms with Gasteiger partial charge >= 0.3 is 0 Å². The molecule has 0 aromatic heterocycles. The number of rotatable bonds is 0. The van der Waals surface area contributed by atoms with Crippen LogP contribution in [0.4, 0.5) is 0 Å². The van der Waals surface area contributed by atoms with Crippen LogP contribution in [0.25, 0.3) is 0 Å². The first-order valence-electron chi connectivity index (χ1n) is 5.60. The van der Waals surface area contributed by atoms with Crippen LogP contribution in [0, 0.1) is 5.92 Å². The van der Waals surface area contributed by atoms with Crippen LogP contribution in [-0.4, -0.2) is 24.0 Å². The maximum Gasteiger partial charge on any atom is 0.00954 e. The second-order valence-corrected chi connectivity index (χ2v) is 4.68. The third-order valence-electron chi connectivity index (χ3n) is 3.54. The molecule has 2 heterocycles. The molecular weight excluding hydrogens is 146 g/mol. The number of piperidine rings is 1. The van der Waals surface area contributed by atoms with E-state index < -0.39 is 0 Å². The standard InChI is InChI=1S/C11H21N/c1-10-6-7-11-5-3-2-4-8-12(11)9-10/h10-11H,2-9H2,1H3. The Kier molecular flexibility index (Phi) is 2.69. The number of fused-ring (bicyclic) bond motifs is 1. The van der Waals surface area contributed by atoms with Crippen LogP contribution < -0.4 is 0 Å². The molecule has 0 N–H and O–H groups in total. The smallest absolute Gasteiger partial charge is 0.00954 e. The van der Waals surface area contributed by atoms with Crippen molar-refractivity contribution in [1.82, 2.24) is 4.90 Å². The summed E-state index contributed by atoms with van der Waals surface area (Å²) in [7, 11) is 0. The lowest BCUT2D eigenvalue weighted by molar-refractivity contribution is 0.117. The van der Waals surface area contributed by atoms with Crippen molar-refractivity contribution in [1.29, 1.82) is 0 Å². The quantitative estimate of drug-likeness (QED) is 0.536. The SMILES string of the molecule is CC1CCC2CCCCCN2C1. The molecule has 70 valence electrons. The van der Waals surface area contributed by atoms with Crippen molar-refractivity contribution in [3.63, 3.8) is 0 Å². The van der Waals surface area contributed by atoms with Gasteiger partial charge in [-0.15, -0.1) is 0 Å². The lowest BCUT2D eigenvalue weighted by Gasteiger charge is -2.37. The molecule has 2 unspecified atom stereocenters. The molecule has 0 aliphatic carbocycles. The van der Waals surface area contributed by atoms with Crippen LogP contribution in [0.1, 0.15) is 45.4 Å². The average molecular weight is 167 g/mol. The largest absolute Gasteiger partial charge is 0.300 e. The fraction of sp³-hybridized carbons (Fsp3) is 1.00. The van der Waals surface area contributed by atoms with Crippen molar-refractivity contribution in [3.8, 4) is 0 Å². The normalized spacial score (nSPS) is 38.8. The summed E-state index contributed by atoms with van der Waals surface area (Å²) in [6, 6.07) is 0.962. The molecule has 1 nitrogen and oxygen atoms in total. The molecule has 0 radical (unpaired) electrons. The van der Waals surface area contributed by atoms with Gasteiger partial charge in [-0.2, -0.15) is 0 Å². The number of hydrogen-bond donors (Lipinski definition) is 0. The topological polar surface area (TPSA) is 3.24 Å². The molecule has 0 aromatic carbocycles. The molecule has 1 heteroatoms. The third kappa shape index (κ3) is 1.82. The van der Waals surface area contributed by atoms with E-state index in [0.29, 0.717) is 0 Å². The van der Waals surface area contributed by atoms with Crippen molar-refractivity contribution in [2.45, 2.75) is 51.5 Å². The Hall–Kier alpha value is -0.0400. The van der Waals surface area contributed by atoms with Gasteiger partial charge in [-0.1, -0.05) is 19.8 Å². The molecule has 2 saturated heterocycles. The lowest BCUT2D eigenvalue weighted by atomic mass is 9.92. The van der Waals surface area contributed by atoms with Crippen LogP contribution in [0.3, 0.4) is 0 Å². The van der Waals surface area contributed by atoms with Gasteiger partial charge in [-0.25, -0.2) is 0 Å². The summed E-state index contributed by atoms with van der Waals surface area (Å²) in [4.78, 5) is 2.75. The zero-order valence-electron chi connectivity index (χ0n) is 8.26. The van der Waals surface area contributed by atoms with Crippen molar-refractivity contribution in [3.05, 3.63) is 0 Å². The van der Waals surface area contributed by atoms with E-state index in [-0.39, 0.29) is 0 Å². The summed E-state index contributed by atoms with van der Waals surface area (Å²) in [6.45, 7) is 5.17. The van der Waals surface area contributed by atoms with Gasteiger partial charge in [0.25, 0.3) is 0 Å². The second kappa shape index (κ2) is 3.78. The van der Waals surface area contributed by atoms with E-state index in [0.717, 1.165) is 12.0 Å². The molecule has 0 aromatic rings. The fourth-order valence-corrected chi connectivity index (χ4v) is 2.77. The summed E-state index contributed by atoms with van der Waals surface area (Å²) in [6.07, 6.45) is 8.83. The maximum atomic E-state index is 2.75. The van der Waals surface area contributed by atoms with Crippen LogP contribution in [-0.2, 0) is 0 Å². The molecule has 0 bridgehead atoms. The van der Waals surface area contributed by atoms with Crippen LogP contribution in [0.2, 0.25) is 0 Å². The first kappa shape index (κ1) is 8.55. The molecule has 0 spiro atoms. The average Bonchev–Trinajstić information content (AvgIpc) is 2.28. The van der Waals surface area contributed by atoms with Gasteiger partial charge in [0.05, 0.1) is 0 Å². The van der Waals surface area contributed by atoms with Gasteiger partial charge < -0.3 is 4.90 Å². The molecule has 2 aliphatic heterocycles. The van der Waals surface area contributed by atoms with E-state index in [1.165, 1.54) is 51.6 Å². The zero-order valence-corrected chi connectivity index (χ0v) is 8.26. The van der Waals surface area contributed by atoms with E-state index >= 15 is 0 Å². The number of hydrogen-bond acceptors (Lipinski definition) is 1. The van der Waals surface area contributed by atoms with E-state index in [1.54, 1.807) is 0 Å². The fourth-order valence-electron chi connectivity index (χ4n) is 2.77. The molecule has 0 saturated carbocycles. The van der Waals surface area contributed by atoms with Crippen molar-refractivity contribution in [2.24, 2.45) is 5.92 Å². The highest BCUT2D eigenvalue weighted by molar-refractivity contribution is 4.81. The minimum Gasteiger partial charge on any atom is -0.300 e. The van der Waals surface area contributed by atoms with Crippen molar-refractivity contribution >= 4 is 0 Å². The van der Waals surface area contributed by atoms with E-state index in [2.05, 4.69) is 11.8 Å². The predicted molar refractivity (Wildman–Crippen MR) is 52.2 cm³/mol. The summed E-state index contributed by atoms with van der Waals surface area (Å²) >= 11 is 0. The Morgan fingerprint density at radius 1 is 1.00 bits per heavy atom. The highest BCUT2D eigenvalue weighted by atomic mass is 15.2. The van der Waals surface area contributed by atoms with E-state index in [1.807, 2.05) is 0 Å². The van der Waals surface area contributed by atoms with Gasteiger partial charge in [-0.05, 0) is 38.1 Å². The van der Waals surface area contributed by atoms with E-state index in [4.69, 9.17) is 0 Å². The zero-order chi connectivity index (χ0) is 8.39. The van der Waals surface area contributed by atoms with Gasteiger partial charge in [0.15, 0.2) is 0 Å². The van der Waals surface area contributed by atoms with Crippen molar-refractivity contribution < 1.29 is 0 Å². The van der Waals surface area contributed by atoms with Crippen LogP contribution in [0.5, 0.6) is 0 Å². The second-order valence-electron chi connectivity index (χ2n) is 4.68. The first-order valence-corrected chi connectivity index (χ1v) is 5.60. The third-order valence-corrected chi connectivity index (χ3v) is 3.54. The Labute approximate surface area is 76.1 Å². The predicted octanol–water partition coefficient (Wildman–Crippen LogP) is 2.66. The highest BCUT2D eigenvalue weighted by Crippen LogP contribution is 2.27. The molecule has 0 amide bonds. The minimum atomic E-state index is 0.958. The lowest BCUT2D eigenvalue weighted by Crippen LogP contribution is -2.42. The Morgan fingerprint density at radius 2 is 1.92 bits per heavy atom. The Bertz CT molecular complexity index is 144. The Balaban J connectivity index is 1.94. The van der Waals surface area contributed by atoms with Crippen LogP contribution >= 0.6 is 0 Å².